The highest BCUT2D eigenvalue weighted by Crippen LogP contribution is 2.14. The van der Waals surface area contributed by atoms with Gasteiger partial charge in [0.25, 0.3) is 0 Å². The van der Waals surface area contributed by atoms with E-state index in [1.54, 1.807) is 33.8 Å². The summed E-state index contributed by atoms with van der Waals surface area (Å²) in [6, 6.07) is 23.7. The molecule has 146 valence electrons. The number of hydrogen-bond acceptors (Lipinski definition) is 5. The van der Waals surface area contributed by atoms with Gasteiger partial charge in [0.1, 0.15) is 9.98 Å². The third-order valence-corrected chi connectivity index (χ3v) is 5.95. The SMILES string of the molecule is CN(/N=C/c1ccc(/C=N/N(C)C(=S)c2ccccc2)s1)C(=S)c1ccccc1. The normalized spacial score (nSPS) is 11.1. The van der Waals surface area contributed by atoms with E-state index in [-0.39, 0.29) is 0 Å². The lowest BCUT2D eigenvalue weighted by Crippen LogP contribution is -2.20. The van der Waals surface area contributed by atoms with Gasteiger partial charge < -0.3 is 0 Å². The van der Waals surface area contributed by atoms with Crippen LogP contribution in [0.2, 0.25) is 0 Å². The molecule has 0 saturated carbocycles. The van der Waals surface area contributed by atoms with E-state index >= 15 is 0 Å². The Morgan fingerprint density at radius 2 is 1.07 bits per heavy atom. The van der Waals surface area contributed by atoms with Crippen molar-refractivity contribution >= 4 is 58.2 Å². The molecule has 0 radical (unpaired) electrons. The third-order valence-electron chi connectivity index (χ3n) is 3.99. The minimum Gasteiger partial charge on any atom is -0.257 e. The summed E-state index contributed by atoms with van der Waals surface area (Å²) in [6.45, 7) is 0. The highest BCUT2D eigenvalue weighted by molar-refractivity contribution is 7.80. The van der Waals surface area contributed by atoms with Crippen molar-refractivity contribution in [2.24, 2.45) is 10.2 Å². The first-order chi connectivity index (χ1) is 14.0. The molecular weight excluding hydrogens is 416 g/mol. The first-order valence-electron chi connectivity index (χ1n) is 8.88. The molecule has 0 aliphatic heterocycles. The topological polar surface area (TPSA) is 31.2 Å². The summed E-state index contributed by atoms with van der Waals surface area (Å²) in [5.41, 5.74) is 1.94. The van der Waals surface area contributed by atoms with Crippen LogP contribution in [0, 0.1) is 0 Å². The van der Waals surface area contributed by atoms with Gasteiger partial charge in [0, 0.05) is 35.0 Å². The van der Waals surface area contributed by atoms with E-state index < -0.39 is 0 Å². The summed E-state index contributed by atoms with van der Waals surface area (Å²) in [7, 11) is 3.70. The smallest absolute Gasteiger partial charge is 0.129 e. The first-order valence-corrected chi connectivity index (χ1v) is 10.5. The van der Waals surface area contributed by atoms with Crippen LogP contribution in [0.15, 0.2) is 83.0 Å². The average molecular weight is 437 g/mol. The maximum absolute atomic E-state index is 5.48. The van der Waals surface area contributed by atoms with Crippen LogP contribution in [-0.2, 0) is 0 Å². The average Bonchev–Trinajstić information content (AvgIpc) is 3.23. The lowest BCUT2D eigenvalue weighted by molar-refractivity contribution is 0.559. The van der Waals surface area contributed by atoms with Gasteiger partial charge in [-0.25, -0.2) is 0 Å². The molecule has 0 aliphatic rings. The van der Waals surface area contributed by atoms with E-state index in [2.05, 4.69) is 10.2 Å². The molecule has 0 aliphatic carbocycles. The van der Waals surface area contributed by atoms with Gasteiger partial charge in [-0.3, -0.25) is 10.0 Å². The van der Waals surface area contributed by atoms with Crippen molar-refractivity contribution in [3.05, 3.63) is 93.7 Å². The molecular formula is C22H20N4S3. The van der Waals surface area contributed by atoms with Crippen molar-refractivity contribution in [2.45, 2.75) is 0 Å². The number of rotatable bonds is 6. The first kappa shape index (κ1) is 21.0. The molecule has 0 unspecified atom stereocenters. The maximum Gasteiger partial charge on any atom is 0.129 e. The Morgan fingerprint density at radius 1 is 0.690 bits per heavy atom. The number of hydrazone groups is 2. The Hall–Kier alpha value is -2.74. The molecule has 7 heteroatoms. The van der Waals surface area contributed by atoms with Crippen LogP contribution < -0.4 is 0 Å². The second-order valence-corrected chi connectivity index (χ2v) is 8.04. The Balaban J connectivity index is 1.60. The van der Waals surface area contributed by atoms with Crippen molar-refractivity contribution in [1.82, 2.24) is 10.0 Å². The lowest BCUT2D eigenvalue weighted by Gasteiger charge is -2.13. The molecule has 0 bridgehead atoms. The largest absolute Gasteiger partial charge is 0.257 e. The van der Waals surface area contributed by atoms with Gasteiger partial charge in [-0.2, -0.15) is 10.2 Å². The van der Waals surface area contributed by atoms with Gasteiger partial charge in [0.05, 0.1) is 12.4 Å². The Kier molecular flexibility index (Phi) is 7.35. The van der Waals surface area contributed by atoms with Crippen LogP contribution in [0.5, 0.6) is 0 Å². The van der Waals surface area contributed by atoms with Gasteiger partial charge >= 0.3 is 0 Å². The molecule has 29 heavy (non-hydrogen) atoms. The quantitative estimate of drug-likeness (QED) is 0.308. The molecule has 4 nitrogen and oxygen atoms in total. The predicted octanol–water partition coefficient (Wildman–Crippen LogP) is 5.03. The molecule has 0 amide bonds. The van der Waals surface area contributed by atoms with E-state index in [0.29, 0.717) is 9.98 Å². The molecule has 0 spiro atoms. The minimum atomic E-state index is 0.677. The number of benzene rings is 2. The van der Waals surface area contributed by atoms with E-state index in [9.17, 15) is 0 Å². The van der Waals surface area contributed by atoms with Crippen LogP contribution in [0.1, 0.15) is 20.9 Å². The van der Waals surface area contributed by atoms with Crippen LogP contribution in [0.4, 0.5) is 0 Å². The Bertz CT molecular complexity index is 944. The highest BCUT2D eigenvalue weighted by atomic mass is 32.1. The molecule has 1 aromatic heterocycles. The monoisotopic (exact) mass is 436 g/mol. The molecule has 2 aromatic carbocycles. The fraction of sp³-hybridized carbons (Fsp3) is 0.0909. The zero-order valence-electron chi connectivity index (χ0n) is 16.1. The Morgan fingerprint density at radius 3 is 1.45 bits per heavy atom. The standard InChI is InChI=1S/C22H20N4S3/c1-25(21(27)17-9-5-3-6-10-17)23-15-19-13-14-20(29-19)16-24-26(2)22(28)18-11-7-4-8-12-18/h3-16H,1-2H3/b23-15+,24-16+. The number of thiocarbonyl (C=S) groups is 2. The minimum absolute atomic E-state index is 0.677. The molecule has 0 saturated heterocycles. The molecule has 0 atom stereocenters. The summed E-state index contributed by atoms with van der Waals surface area (Å²) in [5.74, 6) is 0. The third kappa shape index (κ3) is 5.87. The van der Waals surface area contributed by atoms with Crippen molar-refractivity contribution < 1.29 is 0 Å². The molecule has 3 rings (SSSR count). The zero-order chi connectivity index (χ0) is 20.6. The van der Waals surface area contributed by atoms with Gasteiger partial charge in [-0.05, 0) is 12.1 Å². The van der Waals surface area contributed by atoms with Gasteiger partial charge in [-0.15, -0.1) is 11.3 Å². The van der Waals surface area contributed by atoms with Crippen molar-refractivity contribution in [3.63, 3.8) is 0 Å². The lowest BCUT2D eigenvalue weighted by atomic mass is 10.2. The Labute approximate surface area is 185 Å². The van der Waals surface area contributed by atoms with Crippen LogP contribution >= 0.6 is 35.8 Å². The zero-order valence-corrected chi connectivity index (χ0v) is 18.5. The number of thiophene rings is 1. The molecule has 0 N–H and O–H groups in total. The van der Waals surface area contributed by atoms with Gasteiger partial charge in [0.2, 0.25) is 0 Å². The van der Waals surface area contributed by atoms with Gasteiger partial charge in [-0.1, -0.05) is 85.1 Å². The van der Waals surface area contributed by atoms with Crippen molar-refractivity contribution in [2.75, 3.05) is 14.1 Å². The fourth-order valence-electron chi connectivity index (χ4n) is 2.43. The van der Waals surface area contributed by atoms with Crippen LogP contribution in [-0.4, -0.2) is 46.5 Å². The molecule has 3 aromatic rings. The maximum atomic E-state index is 5.48. The molecule has 1 heterocycles. The van der Waals surface area contributed by atoms with E-state index in [1.165, 1.54) is 0 Å². The summed E-state index contributed by atoms with van der Waals surface area (Å²) in [5, 5.41) is 12.3. The highest BCUT2D eigenvalue weighted by Gasteiger charge is 2.06. The summed E-state index contributed by atoms with van der Waals surface area (Å²) >= 11 is 12.5. The summed E-state index contributed by atoms with van der Waals surface area (Å²) in [4.78, 5) is 3.39. The summed E-state index contributed by atoms with van der Waals surface area (Å²) < 4.78 is 0. The number of hydrogen-bond donors (Lipinski definition) is 0. The van der Waals surface area contributed by atoms with E-state index in [1.807, 2.05) is 86.9 Å². The van der Waals surface area contributed by atoms with Crippen molar-refractivity contribution in [3.8, 4) is 0 Å². The van der Waals surface area contributed by atoms with Crippen LogP contribution in [0.3, 0.4) is 0 Å². The second kappa shape index (κ2) is 10.2. The summed E-state index contributed by atoms with van der Waals surface area (Å²) in [6.07, 6.45) is 3.60. The molecule has 0 fully saturated rings. The number of nitrogens with zero attached hydrogens (tertiary/aromatic N) is 4. The predicted molar refractivity (Wildman–Crippen MR) is 131 cm³/mol. The van der Waals surface area contributed by atoms with Crippen LogP contribution in [0.25, 0.3) is 0 Å². The second-order valence-electron chi connectivity index (χ2n) is 6.12. The fourth-order valence-corrected chi connectivity index (χ4v) is 3.54. The van der Waals surface area contributed by atoms with E-state index in [4.69, 9.17) is 24.4 Å². The van der Waals surface area contributed by atoms with E-state index in [0.717, 1.165) is 20.9 Å². The van der Waals surface area contributed by atoms with Gasteiger partial charge in [0.15, 0.2) is 0 Å². The van der Waals surface area contributed by atoms with Crippen molar-refractivity contribution in [1.29, 1.82) is 0 Å².